The Balaban J connectivity index is 1.21. The van der Waals surface area contributed by atoms with Crippen molar-refractivity contribution in [2.24, 2.45) is 23.2 Å². The summed E-state index contributed by atoms with van der Waals surface area (Å²) in [5, 5.41) is 2.79. The summed E-state index contributed by atoms with van der Waals surface area (Å²) in [7, 11) is 0. The van der Waals surface area contributed by atoms with Crippen LogP contribution in [0.3, 0.4) is 0 Å². The van der Waals surface area contributed by atoms with E-state index in [1.54, 1.807) is 0 Å². The van der Waals surface area contributed by atoms with Gasteiger partial charge in [-0.25, -0.2) is 0 Å². The zero-order valence-electron chi connectivity index (χ0n) is 15.6. The lowest BCUT2D eigenvalue weighted by molar-refractivity contribution is -0.146. The molecule has 1 amide bonds. The van der Waals surface area contributed by atoms with Crippen LogP contribution >= 0.6 is 0 Å². The predicted octanol–water partition coefficient (Wildman–Crippen LogP) is 3.76. The van der Waals surface area contributed by atoms with E-state index in [0.29, 0.717) is 6.42 Å². The van der Waals surface area contributed by atoms with Gasteiger partial charge < -0.3 is 10.1 Å². The molecular weight excluding hydrogens is 326 g/mol. The third-order valence-corrected chi connectivity index (χ3v) is 6.65. The molecule has 0 aliphatic heterocycles. The van der Waals surface area contributed by atoms with Crippen molar-refractivity contribution in [3.05, 3.63) is 35.4 Å². The fraction of sp³-hybridized carbons (Fsp3) is 0.636. The quantitative estimate of drug-likeness (QED) is 0.791. The Labute approximate surface area is 155 Å². The van der Waals surface area contributed by atoms with E-state index in [-0.39, 0.29) is 30.4 Å². The monoisotopic (exact) mass is 355 g/mol. The number of carbonyl (C=O) groups excluding carboxylic acids is 2. The molecular formula is C22H29NO3. The molecule has 1 N–H and O–H groups in total. The molecule has 0 aromatic heterocycles. The Kier molecular flexibility index (Phi) is 4.76. The van der Waals surface area contributed by atoms with Crippen molar-refractivity contribution < 1.29 is 14.3 Å². The summed E-state index contributed by atoms with van der Waals surface area (Å²) in [5.41, 5.74) is 2.35. The number of aryl methyl sites for hydroxylation is 1. The maximum Gasteiger partial charge on any atom is 0.325 e. The van der Waals surface area contributed by atoms with Gasteiger partial charge in [0.25, 0.3) is 0 Å². The average Bonchev–Trinajstić information content (AvgIpc) is 2.58. The highest BCUT2D eigenvalue weighted by atomic mass is 16.5. The number of hydrogen-bond donors (Lipinski definition) is 1. The van der Waals surface area contributed by atoms with Gasteiger partial charge in [-0.15, -0.1) is 0 Å². The number of ether oxygens (including phenoxy) is 1. The van der Waals surface area contributed by atoms with Gasteiger partial charge in [0.15, 0.2) is 0 Å². The number of rotatable bonds is 6. The van der Waals surface area contributed by atoms with Gasteiger partial charge in [-0.1, -0.05) is 29.8 Å². The van der Waals surface area contributed by atoms with Crippen LogP contribution in [-0.4, -0.2) is 18.4 Å². The Bertz CT molecular complexity index is 644. The number of amides is 1. The van der Waals surface area contributed by atoms with E-state index in [4.69, 9.17) is 4.74 Å². The van der Waals surface area contributed by atoms with Gasteiger partial charge in [0.1, 0.15) is 13.2 Å². The number of carbonyl (C=O) groups is 2. The first kappa shape index (κ1) is 17.6. The van der Waals surface area contributed by atoms with E-state index in [1.807, 2.05) is 31.2 Å². The van der Waals surface area contributed by atoms with Crippen LogP contribution in [0.2, 0.25) is 0 Å². The Morgan fingerprint density at radius 3 is 2.19 bits per heavy atom. The highest BCUT2D eigenvalue weighted by Gasteiger charge is 2.51. The maximum absolute atomic E-state index is 12.4. The number of benzene rings is 1. The summed E-state index contributed by atoms with van der Waals surface area (Å²) in [6, 6.07) is 7.90. The molecule has 140 valence electrons. The number of nitrogens with one attached hydrogen (secondary N) is 1. The van der Waals surface area contributed by atoms with Gasteiger partial charge in [-0.2, -0.15) is 0 Å². The van der Waals surface area contributed by atoms with Crippen LogP contribution in [0.25, 0.3) is 0 Å². The molecule has 0 radical (unpaired) electrons. The lowest BCUT2D eigenvalue weighted by Crippen LogP contribution is -2.48. The average molecular weight is 355 g/mol. The summed E-state index contributed by atoms with van der Waals surface area (Å²) in [6.07, 6.45) is 8.37. The van der Waals surface area contributed by atoms with Crippen LogP contribution in [0.5, 0.6) is 0 Å². The first-order valence-electron chi connectivity index (χ1n) is 9.98. The van der Waals surface area contributed by atoms with Crippen molar-refractivity contribution in [2.45, 2.75) is 58.5 Å². The summed E-state index contributed by atoms with van der Waals surface area (Å²) >= 11 is 0. The first-order valence-corrected chi connectivity index (χ1v) is 9.98. The van der Waals surface area contributed by atoms with Crippen LogP contribution in [0, 0.1) is 30.1 Å². The van der Waals surface area contributed by atoms with E-state index < -0.39 is 0 Å². The molecule has 1 aromatic rings. The van der Waals surface area contributed by atoms with Crippen LogP contribution in [0.1, 0.15) is 56.1 Å². The van der Waals surface area contributed by atoms with Gasteiger partial charge in [-0.05, 0) is 74.2 Å². The molecule has 5 rings (SSSR count). The Hall–Kier alpha value is -1.84. The summed E-state index contributed by atoms with van der Waals surface area (Å²) in [6.45, 7) is 2.25. The van der Waals surface area contributed by atoms with Crippen LogP contribution in [0.15, 0.2) is 24.3 Å². The molecule has 0 saturated heterocycles. The molecule has 0 spiro atoms. The summed E-state index contributed by atoms with van der Waals surface area (Å²) < 4.78 is 5.26. The summed E-state index contributed by atoms with van der Waals surface area (Å²) in [4.78, 5) is 24.3. The minimum Gasteiger partial charge on any atom is -0.460 e. The van der Waals surface area contributed by atoms with E-state index in [0.717, 1.165) is 23.3 Å². The molecule has 26 heavy (non-hydrogen) atoms. The van der Waals surface area contributed by atoms with Gasteiger partial charge in [-0.3, -0.25) is 9.59 Å². The topological polar surface area (TPSA) is 55.4 Å². The largest absolute Gasteiger partial charge is 0.460 e. The van der Waals surface area contributed by atoms with Crippen molar-refractivity contribution in [2.75, 3.05) is 6.54 Å². The zero-order chi connectivity index (χ0) is 18.1. The van der Waals surface area contributed by atoms with Crippen LogP contribution in [-0.2, 0) is 20.9 Å². The van der Waals surface area contributed by atoms with Crippen molar-refractivity contribution in [1.29, 1.82) is 0 Å². The van der Waals surface area contributed by atoms with Crippen molar-refractivity contribution in [3.8, 4) is 0 Å². The second-order valence-electron chi connectivity index (χ2n) is 9.02. The van der Waals surface area contributed by atoms with Gasteiger partial charge >= 0.3 is 5.97 Å². The Morgan fingerprint density at radius 2 is 1.62 bits per heavy atom. The lowest BCUT2D eigenvalue weighted by atomic mass is 9.49. The molecule has 4 aliphatic carbocycles. The van der Waals surface area contributed by atoms with E-state index >= 15 is 0 Å². The second kappa shape index (κ2) is 7.05. The minimum absolute atomic E-state index is 0.0132. The first-order chi connectivity index (χ1) is 12.5. The molecule has 4 heteroatoms. The van der Waals surface area contributed by atoms with Crippen LogP contribution in [0.4, 0.5) is 0 Å². The lowest BCUT2D eigenvalue weighted by Gasteiger charge is -2.56. The highest BCUT2D eigenvalue weighted by Crippen LogP contribution is 2.61. The third-order valence-electron chi connectivity index (χ3n) is 6.65. The molecule has 4 bridgehead atoms. The third kappa shape index (κ3) is 3.94. The van der Waals surface area contributed by atoms with Crippen LogP contribution < -0.4 is 5.32 Å². The fourth-order valence-corrected chi connectivity index (χ4v) is 5.98. The molecule has 4 nitrogen and oxygen atoms in total. The van der Waals surface area contributed by atoms with E-state index in [2.05, 4.69) is 5.32 Å². The molecule has 0 atom stereocenters. The molecule has 1 aromatic carbocycles. The standard InChI is InChI=1S/C22H29NO3/c1-15-2-4-16(5-3-15)14-26-21(25)13-23-20(24)12-22-9-17-6-18(10-22)8-19(7-17)11-22/h2-5,17-19H,6-14H2,1H3,(H,23,24). The van der Waals surface area contributed by atoms with Gasteiger partial charge in [0.2, 0.25) is 5.91 Å². The van der Waals surface area contributed by atoms with Crippen molar-refractivity contribution in [3.63, 3.8) is 0 Å². The molecule has 0 unspecified atom stereocenters. The molecule has 4 saturated carbocycles. The summed E-state index contributed by atoms with van der Waals surface area (Å²) in [5.74, 6) is 2.17. The van der Waals surface area contributed by atoms with Gasteiger partial charge in [0, 0.05) is 6.42 Å². The van der Waals surface area contributed by atoms with Gasteiger partial charge in [0.05, 0.1) is 0 Å². The maximum atomic E-state index is 12.4. The minimum atomic E-state index is -0.371. The van der Waals surface area contributed by atoms with E-state index in [9.17, 15) is 9.59 Å². The SMILES string of the molecule is Cc1ccc(COC(=O)CNC(=O)CC23CC4CC(CC(C4)C2)C3)cc1. The molecule has 4 aliphatic rings. The number of hydrogen-bond acceptors (Lipinski definition) is 3. The van der Waals surface area contributed by atoms with Crippen molar-refractivity contribution in [1.82, 2.24) is 5.32 Å². The predicted molar refractivity (Wildman–Crippen MR) is 99.2 cm³/mol. The smallest absolute Gasteiger partial charge is 0.325 e. The van der Waals surface area contributed by atoms with Crippen molar-refractivity contribution >= 4 is 11.9 Å². The normalized spacial score (nSPS) is 31.7. The zero-order valence-corrected chi connectivity index (χ0v) is 15.6. The molecule has 0 heterocycles. The highest BCUT2D eigenvalue weighted by molar-refractivity contribution is 5.82. The second-order valence-corrected chi connectivity index (χ2v) is 9.02. The molecule has 4 fully saturated rings. The van der Waals surface area contributed by atoms with E-state index in [1.165, 1.54) is 44.1 Å². The number of esters is 1. The fourth-order valence-electron chi connectivity index (χ4n) is 5.98. The Morgan fingerprint density at radius 1 is 1.04 bits per heavy atom.